The molecule has 17 heavy (non-hydrogen) atoms. The monoisotopic (exact) mass is 248 g/mol. The van der Waals surface area contributed by atoms with Crippen molar-refractivity contribution in [3.05, 3.63) is 45.9 Å². The van der Waals surface area contributed by atoms with Crippen LogP contribution >= 0.6 is 11.3 Å². The minimum absolute atomic E-state index is 0.982. The van der Waals surface area contributed by atoms with Crippen molar-refractivity contribution >= 4 is 11.3 Å². The average Bonchev–Trinajstić information content (AvgIpc) is 2.94. The van der Waals surface area contributed by atoms with Gasteiger partial charge in [-0.1, -0.05) is 6.92 Å². The first-order chi connectivity index (χ1) is 8.31. The maximum absolute atomic E-state index is 3.45. The van der Waals surface area contributed by atoms with Crippen LogP contribution in [0.4, 0.5) is 0 Å². The average molecular weight is 248 g/mol. The Balaban J connectivity index is 1.99. The van der Waals surface area contributed by atoms with E-state index in [9.17, 15) is 0 Å². The SMILES string of the molecule is CCCNCc1ccn(Cc2ccsc2)c1C. The lowest BCUT2D eigenvalue weighted by Gasteiger charge is -2.07. The van der Waals surface area contributed by atoms with Crippen molar-refractivity contribution in [1.29, 1.82) is 0 Å². The van der Waals surface area contributed by atoms with Crippen LogP contribution in [-0.4, -0.2) is 11.1 Å². The first-order valence-corrected chi connectivity index (χ1v) is 7.12. The highest BCUT2D eigenvalue weighted by Crippen LogP contribution is 2.14. The van der Waals surface area contributed by atoms with Gasteiger partial charge in [0, 0.05) is 25.0 Å². The van der Waals surface area contributed by atoms with Gasteiger partial charge in [-0.25, -0.2) is 0 Å². The van der Waals surface area contributed by atoms with E-state index in [4.69, 9.17) is 0 Å². The van der Waals surface area contributed by atoms with Crippen molar-refractivity contribution in [1.82, 2.24) is 9.88 Å². The standard InChI is InChI=1S/C14H20N2S/c1-3-6-15-9-14-4-7-16(12(14)2)10-13-5-8-17-11-13/h4-5,7-8,11,15H,3,6,9-10H2,1-2H3. The van der Waals surface area contributed by atoms with E-state index in [1.165, 1.54) is 23.2 Å². The van der Waals surface area contributed by atoms with Crippen LogP contribution in [0.1, 0.15) is 30.2 Å². The van der Waals surface area contributed by atoms with Crippen molar-refractivity contribution in [2.45, 2.75) is 33.4 Å². The molecule has 0 saturated carbocycles. The number of rotatable bonds is 6. The molecule has 0 fully saturated rings. The number of aromatic nitrogens is 1. The summed E-state index contributed by atoms with van der Waals surface area (Å²) in [6, 6.07) is 4.42. The van der Waals surface area contributed by atoms with Crippen molar-refractivity contribution in [2.75, 3.05) is 6.54 Å². The highest BCUT2D eigenvalue weighted by atomic mass is 32.1. The van der Waals surface area contributed by atoms with Gasteiger partial charge in [-0.15, -0.1) is 0 Å². The molecule has 1 N–H and O–H groups in total. The maximum atomic E-state index is 3.45. The molecule has 0 aliphatic rings. The highest BCUT2D eigenvalue weighted by Gasteiger charge is 2.04. The Morgan fingerprint density at radius 1 is 1.35 bits per heavy atom. The topological polar surface area (TPSA) is 17.0 Å². The Kier molecular flexibility index (Phi) is 4.40. The molecule has 2 heterocycles. The summed E-state index contributed by atoms with van der Waals surface area (Å²) in [6.45, 7) is 7.46. The van der Waals surface area contributed by atoms with E-state index < -0.39 is 0 Å². The van der Waals surface area contributed by atoms with Crippen molar-refractivity contribution in [2.24, 2.45) is 0 Å². The third-order valence-electron chi connectivity index (χ3n) is 3.03. The molecule has 0 aromatic carbocycles. The third-order valence-corrected chi connectivity index (χ3v) is 3.76. The molecule has 2 nitrogen and oxygen atoms in total. The molecule has 0 unspecified atom stereocenters. The molecular formula is C14H20N2S. The van der Waals surface area contributed by atoms with Gasteiger partial charge < -0.3 is 9.88 Å². The van der Waals surface area contributed by atoms with Crippen LogP contribution in [0.25, 0.3) is 0 Å². The fourth-order valence-electron chi connectivity index (χ4n) is 1.93. The van der Waals surface area contributed by atoms with Crippen LogP contribution in [-0.2, 0) is 13.1 Å². The first-order valence-electron chi connectivity index (χ1n) is 6.17. The Hall–Kier alpha value is -1.06. The molecular weight excluding hydrogens is 228 g/mol. The molecule has 0 radical (unpaired) electrons. The van der Waals surface area contributed by atoms with E-state index in [2.05, 4.69) is 52.8 Å². The summed E-state index contributed by atoms with van der Waals surface area (Å²) in [4.78, 5) is 0. The van der Waals surface area contributed by atoms with Crippen LogP contribution in [0, 0.1) is 6.92 Å². The number of nitrogens with zero attached hydrogens (tertiary/aromatic N) is 1. The van der Waals surface area contributed by atoms with Gasteiger partial charge in [0.15, 0.2) is 0 Å². The highest BCUT2D eigenvalue weighted by molar-refractivity contribution is 7.07. The van der Waals surface area contributed by atoms with Crippen molar-refractivity contribution in [3.8, 4) is 0 Å². The van der Waals surface area contributed by atoms with Crippen LogP contribution in [0.5, 0.6) is 0 Å². The zero-order chi connectivity index (χ0) is 12.1. The zero-order valence-corrected chi connectivity index (χ0v) is 11.4. The van der Waals surface area contributed by atoms with Crippen LogP contribution in [0.15, 0.2) is 29.1 Å². The van der Waals surface area contributed by atoms with Gasteiger partial charge in [0.2, 0.25) is 0 Å². The van der Waals surface area contributed by atoms with Crippen LogP contribution < -0.4 is 5.32 Å². The van der Waals surface area contributed by atoms with E-state index in [0.29, 0.717) is 0 Å². The number of thiophene rings is 1. The molecule has 0 saturated heterocycles. The quantitative estimate of drug-likeness (QED) is 0.775. The molecule has 0 aliphatic heterocycles. The Morgan fingerprint density at radius 2 is 2.24 bits per heavy atom. The predicted molar refractivity (Wildman–Crippen MR) is 74.6 cm³/mol. The lowest BCUT2D eigenvalue weighted by Crippen LogP contribution is -2.14. The van der Waals surface area contributed by atoms with E-state index in [0.717, 1.165) is 19.6 Å². The second-order valence-electron chi connectivity index (χ2n) is 4.36. The van der Waals surface area contributed by atoms with Crippen molar-refractivity contribution in [3.63, 3.8) is 0 Å². The molecule has 2 rings (SSSR count). The fraction of sp³-hybridized carbons (Fsp3) is 0.429. The van der Waals surface area contributed by atoms with E-state index in [1.54, 1.807) is 11.3 Å². The minimum atomic E-state index is 0.982. The minimum Gasteiger partial charge on any atom is -0.347 e. The summed E-state index contributed by atoms with van der Waals surface area (Å²) >= 11 is 1.76. The number of hydrogen-bond donors (Lipinski definition) is 1. The molecule has 0 aliphatic carbocycles. The lowest BCUT2D eigenvalue weighted by atomic mass is 10.2. The fourth-order valence-corrected chi connectivity index (χ4v) is 2.59. The van der Waals surface area contributed by atoms with E-state index in [-0.39, 0.29) is 0 Å². The third kappa shape index (κ3) is 3.20. The summed E-state index contributed by atoms with van der Waals surface area (Å²) in [5, 5.41) is 7.81. The summed E-state index contributed by atoms with van der Waals surface area (Å²) in [5.74, 6) is 0. The van der Waals surface area contributed by atoms with Gasteiger partial charge in [-0.05, 0) is 53.9 Å². The van der Waals surface area contributed by atoms with Gasteiger partial charge in [0.25, 0.3) is 0 Å². The Bertz CT molecular complexity index is 443. The smallest absolute Gasteiger partial charge is 0.0481 e. The summed E-state index contributed by atoms with van der Waals surface area (Å²) < 4.78 is 2.32. The molecule has 0 spiro atoms. The van der Waals surface area contributed by atoms with Gasteiger partial charge in [0.1, 0.15) is 0 Å². The Morgan fingerprint density at radius 3 is 2.94 bits per heavy atom. The summed E-state index contributed by atoms with van der Waals surface area (Å²) in [6.07, 6.45) is 3.38. The van der Waals surface area contributed by atoms with Crippen LogP contribution in [0.3, 0.4) is 0 Å². The lowest BCUT2D eigenvalue weighted by molar-refractivity contribution is 0.668. The Labute approximate surface area is 107 Å². The zero-order valence-electron chi connectivity index (χ0n) is 10.6. The number of nitrogens with one attached hydrogen (secondary N) is 1. The van der Waals surface area contributed by atoms with Gasteiger partial charge >= 0.3 is 0 Å². The summed E-state index contributed by atoms with van der Waals surface area (Å²) in [5.41, 5.74) is 4.18. The molecule has 0 atom stereocenters. The second kappa shape index (κ2) is 6.03. The van der Waals surface area contributed by atoms with Gasteiger partial charge in [-0.3, -0.25) is 0 Å². The molecule has 92 valence electrons. The normalized spacial score (nSPS) is 10.9. The van der Waals surface area contributed by atoms with Crippen molar-refractivity contribution < 1.29 is 0 Å². The molecule has 0 bridgehead atoms. The second-order valence-corrected chi connectivity index (χ2v) is 5.14. The molecule has 3 heteroatoms. The summed E-state index contributed by atoms with van der Waals surface area (Å²) in [7, 11) is 0. The predicted octanol–water partition coefficient (Wildman–Crippen LogP) is 3.41. The number of hydrogen-bond acceptors (Lipinski definition) is 2. The van der Waals surface area contributed by atoms with Crippen LogP contribution in [0.2, 0.25) is 0 Å². The maximum Gasteiger partial charge on any atom is 0.0481 e. The molecule has 2 aromatic rings. The molecule has 2 aromatic heterocycles. The van der Waals surface area contributed by atoms with E-state index >= 15 is 0 Å². The van der Waals surface area contributed by atoms with E-state index in [1.807, 2.05) is 0 Å². The molecule has 0 amide bonds. The first kappa shape index (κ1) is 12.4. The largest absolute Gasteiger partial charge is 0.347 e. The van der Waals surface area contributed by atoms with Gasteiger partial charge in [0.05, 0.1) is 0 Å². The van der Waals surface area contributed by atoms with Gasteiger partial charge in [-0.2, -0.15) is 11.3 Å².